The molecule has 1 N–H and O–H groups in total. The van der Waals surface area contributed by atoms with Crippen LogP contribution in [0.2, 0.25) is 0 Å². The number of carbonyl (C=O) groups is 2. The van der Waals surface area contributed by atoms with E-state index in [1.165, 1.54) is 17.9 Å². The van der Waals surface area contributed by atoms with Crippen molar-refractivity contribution >= 4 is 23.2 Å². The van der Waals surface area contributed by atoms with Crippen LogP contribution in [0, 0.1) is 5.82 Å². The summed E-state index contributed by atoms with van der Waals surface area (Å²) in [5.74, 6) is -0.995. The van der Waals surface area contributed by atoms with Gasteiger partial charge in [-0.1, -0.05) is 30.3 Å². The Morgan fingerprint density at radius 2 is 1.96 bits per heavy atom. The highest BCUT2D eigenvalue weighted by molar-refractivity contribution is 6.16. The van der Waals surface area contributed by atoms with E-state index in [-0.39, 0.29) is 30.5 Å². The molecular weight excluding hydrogens is 307 g/mol. The maximum Gasteiger partial charge on any atom is 0.234 e. The van der Waals surface area contributed by atoms with Crippen LogP contribution >= 0.6 is 0 Å². The second-order valence-electron chi connectivity index (χ2n) is 5.83. The molecule has 0 bridgehead atoms. The molecule has 0 saturated carbocycles. The van der Waals surface area contributed by atoms with E-state index in [1.54, 1.807) is 24.3 Å². The van der Waals surface area contributed by atoms with Gasteiger partial charge in [-0.25, -0.2) is 9.29 Å². The van der Waals surface area contributed by atoms with Gasteiger partial charge >= 0.3 is 0 Å². The van der Waals surface area contributed by atoms with Crippen molar-refractivity contribution < 1.29 is 14.0 Å². The minimum absolute atomic E-state index is 0.0736. The Bertz CT molecular complexity index is 789. The normalized spacial score (nSPS) is 12.4. The fraction of sp³-hybridized carbons (Fsp3) is 0.263. The van der Waals surface area contributed by atoms with Crippen LogP contribution in [0.4, 0.5) is 15.8 Å². The van der Waals surface area contributed by atoms with Crippen molar-refractivity contribution in [3.63, 3.8) is 0 Å². The summed E-state index contributed by atoms with van der Waals surface area (Å²) in [6.45, 7) is 2.16. The second kappa shape index (κ2) is 6.83. The third-order valence-electron chi connectivity index (χ3n) is 4.20. The number of carbonyl (C=O) groups excluding carboxylic acids is 2. The molecule has 0 spiro atoms. The molecule has 0 unspecified atom stereocenters. The maximum absolute atomic E-state index is 13.7. The van der Waals surface area contributed by atoms with E-state index in [2.05, 4.69) is 5.32 Å². The highest BCUT2D eigenvalue weighted by atomic mass is 19.1. The number of halogens is 1. The molecule has 1 aliphatic rings. The van der Waals surface area contributed by atoms with Crippen LogP contribution in [0.25, 0.3) is 0 Å². The van der Waals surface area contributed by atoms with Crippen LogP contribution in [0.15, 0.2) is 42.5 Å². The van der Waals surface area contributed by atoms with E-state index >= 15 is 0 Å². The van der Waals surface area contributed by atoms with Gasteiger partial charge in [-0.05, 0) is 36.1 Å². The first-order valence-corrected chi connectivity index (χ1v) is 8.00. The van der Waals surface area contributed by atoms with Crippen LogP contribution in [0.1, 0.15) is 24.5 Å². The minimum atomic E-state index is -0.337. The summed E-state index contributed by atoms with van der Waals surface area (Å²) in [5, 5.41) is 3.24. The summed E-state index contributed by atoms with van der Waals surface area (Å²) in [6, 6.07) is 12.0. The van der Waals surface area contributed by atoms with Crippen molar-refractivity contribution in [3.05, 3.63) is 59.4 Å². The summed E-state index contributed by atoms with van der Waals surface area (Å²) in [4.78, 5) is 25.9. The van der Waals surface area contributed by atoms with Crippen molar-refractivity contribution in [2.45, 2.75) is 26.2 Å². The van der Waals surface area contributed by atoms with Gasteiger partial charge in [0.05, 0.1) is 11.4 Å². The molecule has 24 heavy (non-hydrogen) atoms. The lowest BCUT2D eigenvalue weighted by Gasteiger charge is -2.22. The second-order valence-corrected chi connectivity index (χ2v) is 5.83. The number of imide groups is 1. The Kier molecular flexibility index (Phi) is 4.60. The van der Waals surface area contributed by atoms with Crippen molar-refractivity contribution in [1.29, 1.82) is 0 Å². The SMILES string of the molecule is CC(=O)N(C(=O)CCc1ccccc1F)c1cccc2c1NCC2. The van der Waals surface area contributed by atoms with Gasteiger partial charge in [0, 0.05) is 19.9 Å². The zero-order valence-corrected chi connectivity index (χ0v) is 13.5. The number of amides is 2. The van der Waals surface area contributed by atoms with E-state index < -0.39 is 0 Å². The van der Waals surface area contributed by atoms with Crippen LogP contribution in [0.3, 0.4) is 0 Å². The summed E-state index contributed by atoms with van der Waals surface area (Å²) in [5.41, 5.74) is 2.99. The predicted molar refractivity (Wildman–Crippen MR) is 91.5 cm³/mol. The van der Waals surface area contributed by atoms with Gasteiger partial charge in [0.15, 0.2) is 0 Å². The Balaban J connectivity index is 1.82. The highest BCUT2D eigenvalue weighted by Gasteiger charge is 2.25. The van der Waals surface area contributed by atoms with Crippen LogP contribution in [-0.2, 0) is 22.4 Å². The van der Waals surface area contributed by atoms with E-state index in [0.29, 0.717) is 11.3 Å². The van der Waals surface area contributed by atoms with Gasteiger partial charge < -0.3 is 5.32 Å². The summed E-state index contributed by atoms with van der Waals surface area (Å²) < 4.78 is 13.7. The number of rotatable bonds is 4. The molecule has 0 radical (unpaired) electrons. The smallest absolute Gasteiger partial charge is 0.234 e. The predicted octanol–water partition coefficient (Wildman–Crippen LogP) is 3.31. The number of anilines is 2. The van der Waals surface area contributed by atoms with E-state index in [4.69, 9.17) is 0 Å². The molecule has 3 rings (SSSR count). The fourth-order valence-electron chi connectivity index (χ4n) is 3.04. The van der Waals surface area contributed by atoms with Gasteiger partial charge in [-0.15, -0.1) is 0 Å². The molecule has 0 saturated heterocycles. The molecule has 2 amide bonds. The van der Waals surface area contributed by atoms with Crippen molar-refractivity contribution in [2.75, 3.05) is 16.8 Å². The lowest BCUT2D eigenvalue weighted by molar-refractivity contribution is -0.125. The lowest BCUT2D eigenvalue weighted by atomic mass is 10.1. The molecule has 0 atom stereocenters. The molecule has 1 aliphatic heterocycles. The largest absolute Gasteiger partial charge is 0.383 e. The van der Waals surface area contributed by atoms with Gasteiger partial charge in [-0.2, -0.15) is 0 Å². The highest BCUT2D eigenvalue weighted by Crippen LogP contribution is 2.34. The Morgan fingerprint density at radius 3 is 2.71 bits per heavy atom. The first kappa shape index (κ1) is 16.2. The number of aryl methyl sites for hydroxylation is 1. The summed E-state index contributed by atoms with van der Waals surface area (Å²) in [6.07, 6.45) is 1.21. The zero-order valence-electron chi connectivity index (χ0n) is 13.5. The molecule has 4 nitrogen and oxygen atoms in total. The number of benzene rings is 2. The van der Waals surface area contributed by atoms with E-state index in [0.717, 1.165) is 24.2 Å². The molecular formula is C19H19FN2O2. The first-order valence-electron chi connectivity index (χ1n) is 8.00. The summed E-state index contributed by atoms with van der Waals surface area (Å²) in [7, 11) is 0. The Labute approximate surface area is 140 Å². The van der Waals surface area contributed by atoms with Gasteiger partial charge in [-0.3, -0.25) is 9.59 Å². The molecule has 5 heteroatoms. The Hall–Kier alpha value is -2.69. The standard InChI is InChI=1S/C19H19FN2O2/c1-13(23)22(17-8-4-6-15-11-12-21-19(15)17)18(24)10-9-14-5-2-3-7-16(14)20/h2-8,21H,9-12H2,1H3. The topological polar surface area (TPSA) is 49.4 Å². The number of hydrogen-bond donors (Lipinski definition) is 1. The minimum Gasteiger partial charge on any atom is -0.383 e. The quantitative estimate of drug-likeness (QED) is 0.938. The number of para-hydroxylation sites is 1. The molecule has 0 aliphatic carbocycles. The van der Waals surface area contributed by atoms with Gasteiger partial charge in [0.2, 0.25) is 11.8 Å². The van der Waals surface area contributed by atoms with Gasteiger partial charge in [0.1, 0.15) is 5.82 Å². The number of fused-ring (bicyclic) bond motifs is 1. The zero-order chi connectivity index (χ0) is 17.1. The summed E-state index contributed by atoms with van der Waals surface area (Å²) >= 11 is 0. The Morgan fingerprint density at radius 1 is 1.17 bits per heavy atom. The van der Waals surface area contributed by atoms with E-state index in [9.17, 15) is 14.0 Å². The third kappa shape index (κ3) is 3.15. The van der Waals surface area contributed by atoms with Gasteiger partial charge in [0.25, 0.3) is 0 Å². The lowest BCUT2D eigenvalue weighted by Crippen LogP contribution is -2.35. The number of nitrogens with one attached hydrogen (secondary N) is 1. The molecule has 0 fully saturated rings. The average Bonchev–Trinajstić information content (AvgIpc) is 3.03. The van der Waals surface area contributed by atoms with Crippen molar-refractivity contribution in [3.8, 4) is 0 Å². The van der Waals surface area contributed by atoms with Crippen molar-refractivity contribution in [2.24, 2.45) is 0 Å². The monoisotopic (exact) mass is 326 g/mol. The fourth-order valence-corrected chi connectivity index (χ4v) is 3.04. The average molecular weight is 326 g/mol. The molecule has 2 aromatic carbocycles. The van der Waals surface area contributed by atoms with Crippen LogP contribution in [-0.4, -0.2) is 18.4 Å². The molecule has 2 aromatic rings. The molecule has 1 heterocycles. The number of nitrogens with zero attached hydrogens (tertiary/aromatic N) is 1. The maximum atomic E-state index is 13.7. The number of hydrogen-bond acceptors (Lipinski definition) is 3. The van der Waals surface area contributed by atoms with E-state index in [1.807, 2.05) is 12.1 Å². The third-order valence-corrected chi connectivity index (χ3v) is 4.20. The van der Waals surface area contributed by atoms with Crippen molar-refractivity contribution in [1.82, 2.24) is 0 Å². The molecule has 0 aromatic heterocycles. The van der Waals surface area contributed by atoms with Crippen LogP contribution < -0.4 is 10.2 Å². The first-order chi connectivity index (χ1) is 11.6. The molecule has 124 valence electrons. The van der Waals surface area contributed by atoms with Crippen LogP contribution in [0.5, 0.6) is 0 Å².